The van der Waals surface area contributed by atoms with Crippen LogP contribution in [0.3, 0.4) is 0 Å². The summed E-state index contributed by atoms with van der Waals surface area (Å²) in [6, 6.07) is 7.43. The van der Waals surface area contributed by atoms with Crippen LogP contribution in [-0.4, -0.2) is 50.4 Å². The molecule has 1 saturated heterocycles. The predicted octanol–water partition coefficient (Wildman–Crippen LogP) is 0.325. The molecule has 5 heteroatoms. The molecule has 1 aliphatic heterocycles. The van der Waals surface area contributed by atoms with E-state index >= 15 is 0 Å². The smallest absolute Gasteiger partial charge is 0.256 e. The Labute approximate surface area is 106 Å². The van der Waals surface area contributed by atoms with E-state index in [2.05, 4.69) is 5.32 Å². The fourth-order valence-electron chi connectivity index (χ4n) is 2.03. The number of anilines is 1. The molecule has 1 aliphatic rings. The lowest BCUT2D eigenvalue weighted by Gasteiger charge is -2.28. The molecule has 1 aromatic rings. The molecule has 0 radical (unpaired) electrons. The number of rotatable bonds is 2. The molecule has 0 unspecified atom stereocenters. The Morgan fingerprint density at radius 1 is 1.33 bits per heavy atom. The highest BCUT2D eigenvalue weighted by atomic mass is 16.2. The van der Waals surface area contributed by atoms with E-state index in [0.717, 1.165) is 5.69 Å². The molecule has 1 aromatic carbocycles. The summed E-state index contributed by atoms with van der Waals surface area (Å²) in [6.45, 7) is 1.22. The van der Waals surface area contributed by atoms with Crippen molar-refractivity contribution in [2.45, 2.75) is 0 Å². The van der Waals surface area contributed by atoms with Crippen LogP contribution in [0.1, 0.15) is 10.4 Å². The Bertz CT molecular complexity index is 471. The minimum atomic E-state index is -0.100. The van der Waals surface area contributed by atoms with Crippen LogP contribution in [0.25, 0.3) is 0 Å². The molecule has 0 bridgehead atoms. The number of nitrogens with one attached hydrogen (secondary N) is 1. The van der Waals surface area contributed by atoms with E-state index in [4.69, 9.17) is 0 Å². The highest BCUT2D eigenvalue weighted by Crippen LogP contribution is 2.20. The van der Waals surface area contributed by atoms with Gasteiger partial charge in [0.25, 0.3) is 5.91 Å². The number of carbonyl (C=O) groups excluding carboxylic acids is 2. The highest BCUT2D eigenvalue weighted by molar-refractivity contribution is 6.01. The number of piperazine rings is 1. The normalized spacial score (nSPS) is 15.2. The lowest BCUT2D eigenvalue weighted by molar-refractivity contribution is -0.123. The van der Waals surface area contributed by atoms with Gasteiger partial charge in [-0.05, 0) is 12.1 Å². The van der Waals surface area contributed by atoms with Gasteiger partial charge in [0, 0.05) is 32.9 Å². The molecule has 1 N–H and O–H groups in total. The molecule has 2 rings (SSSR count). The Morgan fingerprint density at radius 2 is 2.06 bits per heavy atom. The van der Waals surface area contributed by atoms with Crippen LogP contribution in [0.5, 0.6) is 0 Å². The zero-order chi connectivity index (χ0) is 13.1. The third kappa shape index (κ3) is 2.45. The van der Waals surface area contributed by atoms with Crippen molar-refractivity contribution >= 4 is 17.5 Å². The van der Waals surface area contributed by atoms with Gasteiger partial charge in [0.15, 0.2) is 0 Å². The second-order valence-corrected chi connectivity index (χ2v) is 4.49. The summed E-state index contributed by atoms with van der Waals surface area (Å²) < 4.78 is 0. The maximum atomic E-state index is 12.4. The van der Waals surface area contributed by atoms with E-state index in [9.17, 15) is 9.59 Å². The number of benzene rings is 1. The first-order valence-electron chi connectivity index (χ1n) is 5.92. The summed E-state index contributed by atoms with van der Waals surface area (Å²) in [7, 11) is 3.80. The van der Waals surface area contributed by atoms with Crippen molar-refractivity contribution in [3.05, 3.63) is 29.8 Å². The molecule has 1 fully saturated rings. The van der Waals surface area contributed by atoms with Gasteiger partial charge in [0.05, 0.1) is 12.1 Å². The van der Waals surface area contributed by atoms with E-state index in [-0.39, 0.29) is 18.4 Å². The largest absolute Gasteiger partial charge is 0.377 e. The summed E-state index contributed by atoms with van der Waals surface area (Å²) in [5.41, 5.74) is 1.51. The number of hydrogen-bond acceptors (Lipinski definition) is 3. The van der Waals surface area contributed by atoms with Crippen LogP contribution in [0.4, 0.5) is 5.69 Å². The summed E-state index contributed by atoms with van der Waals surface area (Å²) >= 11 is 0. The average molecular weight is 247 g/mol. The van der Waals surface area contributed by atoms with Gasteiger partial charge in [-0.2, -0.15) is 0 Å². The first-order valence-corrected chi connectivity index (χ1v) is 5.92. The SMILES string of the molecule is CN(C)c1ccccc1C(=O)N1CCNC(=O)C1. The molecule has 2 amide bonds. The number of amides is 2. The van der Waals surface area contributed by atoms with E-state index in [1.807, 2.05) is 37.2 Å². The fraction of sp³-hybridized carbons (Fsp3) is 0.385. The molecule has 0 spiro atoms. The maximum absolute atomic E-state index is 12.4. The molecular weight excluding hydrogens is 230 g/mol. The van der Waals surface area contributed by atoms with Crippen molar-refractivity contribution < 1.29 is 9.59 Å². The molecule has 0 aromatic heterocycles. The standard InChI is InChI=1S/C13H17N3O2/c1-15(2)11-6-4-3-5-10(11)13(18)16-8-7-14-12(17)9-16/h3-6H,7-9H2,1-2H3,(H,14,17). The zero-order valence-electron chi connectivity index (χ0n) is 10.6. The van der Waals surface area contributed by atoms with Gasteiger partial charge < -0.3 is 15.1 Å². The summed E-state index contributed by atoms with van der Waals surface area (Å²) in [5, 5.41) is 2.71. The monoisotopic (exact) mass is 247 g/mol. The molecule has 5 nitrogen and oxygen atoms in total. The Hall–Kier alpha value is -2.04. The molecule has 18 heavy (non-hydrogen) atoms. The summed E-state index contributed by atoms with van der Waals surface area (Å²) in [6.07, 6.45) is 0. The second-order valence-electron chi connectivity index (χ2n) is 4.49. The van der Waals surface area contributed by atoms with Crippen LogP contribution in [0.15, 0.2) is 24.3 Å². The Morgan fingerprint density at radius 3 is 2.72 bits per heavy atom. The van der Waals surface area contributed by atoms with Crippen LogP contribution in [0, 0.1) is 0 Å². The number of carbonyl (C=O) groups is 2. The molecule has 0 atom stereocenters. The van der Waals surface area contributed by atoms with Crippen molar-refractivity contribution in [1.29, 1.82) is 0 Å². The molecule has 1 heterocycles. The van der Waals surface area contributed by atoms with Gasteiger partial charge in [-0.1, -0.05) is 12.1 Å². The van der Waals surface area contributed by atoms with E-state index in [0.29, 0.717) is 18.7 Å². The fourth-order valence-corrected chi connectivity index (χ4v) is 2.03. The van der Waals surface area contributed by atoms with Crippen LogP contribution >= 0.6 is 0 Å². The first-order chi connectivity index (χ1) is 8.59. The van der Waals surface area contributed by atoms with Crippen molar-refractivity contribution in [1.82, 2.24) is 10.2 Å². The molecule has 96 valence electrons. The van der Waals surface area contributed by atoms with E-state index in [1.54, 1.807) is 11.0 Å². The van der Waals surface area contributed by atoms with Gasteiger partial charge in [0.2, 0.25) is 5.91 Å². The number of nitrogens with zero attached hydrogens (tertiary/aromatic N) is 2. The highest BCUT2D eigenvalue weighted by Gasteiger charge is 2.24. The lowest BCUT2D eigenvalue weighted by Crippen LogP contribution is -2.50. The Balaban J connectivity index is 2.25. The van der Waals surface area contributed by atoms with Crippen molar-refractivity contribution in [2.24, 2.45) is 0 Å². The van der Waals surface area contributed by atoms with E-state index < -0.39 is 0 Å². The summed E-state index contributed by atoms with van der Waals surface area (Å²) in [4.78, 5) is 27.2. The number of para-hydroxylation sites is 1. The van der Waals surface area contributed by atoms with Crippen LogP contribution in [0.2, 0.25) is 0 Å². The quantitative estimate of drug-likeness (QED) is 0.819. The maximum Gasteiger partial charge on any atom is 0.256 e. The third-order valence-corrected chi connectivity index (χ3v) is 2.94. The van der Waals surface area contributed by atoms with Crippen LogP contribution < -0.4 is 10.2 Å². The number of hydrogen-bond donors (Lipinski definition) is 1. The van der Waals surface area contributed by atoms with Gasteiger partial charge >= 0.3 is 0 Å². The molecule has 0 saturated carbocycles. The van der Waals surface area contributed by atoms with Gasteiger partial charge in [0.1, 0.15) is 0 Å². The van der Waals surface area contributed by atoms with Crippen molar-refractivity contribution in [3.63, 3.8) is 0 Å². The van der Waals surface area contributed by atoms with Crippen LogP contribution in [-0.2, 0) is 4.79 Å². The van der Waals surface area contributed by atoms with Crippen molar-refractivity contribution in [2.75, 3.05) is 38.6 Å². The Kier molecular flexibility index (Phi) is 3.50. The topological polar surface area (TPSA) is 52.7 Å². The predicted molar refractivity (Wildman–Crippen MR) is 69.7 cm³/mol. The second kappa shape index (κ2) is 5.08. The lowest BCUT2D eigenvalue weighted by atomic mass is 10.1. The van der Waals surface area contributed by atoms with Gasteiger partial charge in [-0.3, -0.25) is 9.59 Å². The first kappa shape index (κ1) is 12.4. The molecule has 0 aliphatic carbocycles. The minimum absolute atomic E-state index is 0.0887. The zero-order valence-corrected chi connectivity index (χ0v) is 10.6. The van der Waals surface area contributed by atoms with E-state index in [1.165, 1.54) is 0 Å². The minimum Gasteiger partial charge on any atom is -0.377 e. The summed E-state index contributed by atoms with van der Waals surface area (Å²) in [5.74, 6) is -0.189. The molecular formula is C13H17N3O2. The van der Waals surface area contributed by atoms with Gasteiger partial charge in [-0.15, -0.1) is 0 Å². The van der Waals surface area contributed by atoms with Crippen molar-refractivity contribution in [3.8, 4) is 0 Å². The third-order valence-electron chi connectivity index (χ3n) is 2.94. The average Bonchev–Trinajstić information content (AvgIpc) is 2.38. The van der Waals surface area contributed by atoms with Gasteiger partial charge in [-0.25, -0.2) is 0 Å².